The van der Waals surface area contributed by atoms with Crippen molar-refractivity contribution in [3.8, 4) is 16.9 Å². The Bertz CT molecular complexity index is 1770. The van der Waals surface area contributed by atoms with Gasteiger partial charge in [0.15, 0.2) is 0 Å². The van der Waals surface area contributed by atoms with Gasteiger partial charge in [-0.05, 0) is 70.1 Å². The Morgan fingerprint density at radius 2 is 1.65 bits per heavy atom. The third kappa shape index (κ3) is 8.03. The third-order valence-electron chi connectivity index (χ3n) is 8.28. The summed E-state index contributed by atoms with van der Waals surface area (Å²) in [4.78, 5) is 28.9. The smallest absolute Gasteiger partial charge is 0.303 e. The number of amides is 1. The average molecular weight is 653 g/mol. The van der Waals surface area contributed by atoms with Crippen molar-refractivity contribution < 1.29 is 24.2 Å². The highest BCUT2D eigenvalue weighted by atomic mass is 32.2. The maximum Gasteiger partial charge on any atom is 0.303 e. The summed E-state index contributed by atoms with van der Waals surface area (Å²) in [6.07, 6.45) is 3.18. The Morgan fingerprint density at radius 3 is 2.41 bits per heavy atom. The first-order valence-electron chi connectivity index (χ1n) is 15.5. The summed E-state index contributed by atoms with van der Waals surface area (Å²) in [5.74, 6) is -0.0893. The Labute approximate surface area is 278 Å². The van der Waals surface area contributed by atoms with Crippen LogP contribution in [0, 0.1) is 0 Å². The van der Waals surface area contributed by atoms with E-state index < -0.39 is 5.97 Å². The van der Waals surface area contributed by atoms with Gasteiger partial charge in [0.1, 0.15) is 16.7 Å². The van der Waals surface area contributed by atoms with E-state index in [0.717, 1.165) is 71.8 Å². The molecule has 4 aromatic carbocycles. The second-order valence-electron chi connectivity index (χ2n) is 11.4. The molecule has 0 radical (unpaired) electrons. The summed E-state index contributed by atoms with van der Waals surface area (Å²) in [6.45, 7) is 5.23. The molecule has 0 atom stereocenters. The van der Waals surface area contributed by atoms with E-state index in [9.17, 15) is 9.59 Å². The number of hydrogen-bond acceptors (Lipinski definition) is 7. The molecule has 0 spiro atoms. The Hall–Kier alpha value is -4.02. The van der Waals surface area contributed by atoms with Crippen LogP contribution in [-0.2, 0) is 27.2 Å². The summed E-state index contributed by atoms with van der Waals surface area (Å²) < 4.78 is 12.4. The van der Waals surface area contributed by atoms with Crippen LogP contribution in [0.2, 0.25) is 0 Å². The van der Waals surface area contributed by atoms with E-state index in [0.29, 0.717) is 35.2 Å². The molecule has 0 bridgehead atoms. The van der Waals surface area contributed by atoms with E-state index in [-0.39, 0.29) is 12.3 Å². The van der Waals surface area contributed by atoms with Crippen molar-refractivity contribution in [2.75, 3.05) is 46.0 Å². The number of benzene rings is 4. The molecule has 1 amide bonds. The molecule has 2 heterocycles. The van der Waals surface area contributed by atoms with Crippen molar-refractivity contribution in [2.24, 2.45) is 0 Å². The predicted octanol–water partition coefficient (Wildman–Crippen LogP) is 6.68. The van der Waals surface area contributed by atoms with Gasteiger partial charge in [-0.15, -0.1) is 0 Å². The highest BCUT2D eigenvalue weighted by Crippen LogP contribution is 2.36. The average Bonchev–Trinajstić information content (AvgIpc) is 3.34. The van der Waals surface area contributed by atoms with Gasteiger partial charge in [-0.2, -0.15) is 0 Å². The van der Waals surface area contributed by atoms with Crippen molar-refractivity contribution in [1.29, 1.82) is 0 Å². The van der Waals surface area contributed by atoms with Gasteiger partial charge in [0, 0.05) is 38.2 Å². The molecule has 4 aromatic rings. The number of hydrogen-bond donors (Lipinski definition) is 1. The lowest BCUT2D eigenvalue weighted by Crippen LogP contribution is -2.38. The molecule has 9 heteroatoms. The molecule has 1 N–H and O–H groups in total. The van der Waals surface area contributed by atoms with Crippen molar-refractivity contribution >= 4 is 57.0 Å². The summed E-state index contributed by atoms with van der Waals surface area (Å²) in [5.41, 5.74) is 4.99. The summed E-state index contributed by atoms with van der Waals surface area (Å²) in [7, 11) is 0. The number of carboxylic acid groups (broad SMARTS) is 1. The fraction of sp³-hybridized carbons (Fsp3) is 0.270. The van der Waals surface area contributed by atoms with Crippen LogP contribution >= 0.6 is 24.0 Å². The van der Waals surface area contributed by atoms with E-state index in [1.165, 1.54) is 17.1 Å². The summed E-state index contributed by atoms with van der Waals surface area (Å²) in [5, 5.41) is 11.2. The van der Waals surface area contributed by atoms with Crippen molar-refractivity contribution in [3.05, 3.63) is 107 Å². The monoisotopic (exact) mass is 652 g/mol. The molecule has 236 valence electrons. The van der Waals surface area contributed by atoms with Gasteiger partial charge in [0.05, 0.1) is 18.1 Å². The fourth-order valence-electron chi connectivity index (χ4n) is 5.66. The summed E-state index contributed by atoms with van der Waals surface area (Å²) in [6, 6.07) is 28.7. The lowest BCUT2D eigenvalue weighted by atomic mass is 9.98. The van der Waals surface area contributed by atoms with Crippen LogP contribution in [0.15, 0.2) is 89.8 Å². The Kier molecular flexibility index (Phi) is 10.4. The second-order valence-corrected chi connectivity index (χ2v) is 13.1. The zero-order chi connectivity index (χ0) is 31.9. The number of ether oxygens (including phenoxy) is 2. The molecule has 0 aliphatic carbocycles. The normalized spacial score (nSPS) is 16.4. The number of rotatable bonds is 12. The van der Waals surface area contributed by atoms with E-state index in [1.54, 1.807) is 4.90 Å². The fourth-order valence-corrected chi connectivity index (χ4v) is 6.97. The maximum atomic E-state index is 13.5. The number of aliphatic carboxylic acids is 1. The predicted molar refractivity (Wildman–Crippen MR) is 188 cm³/mol. The zero-order valence-corrected chi connectivity index (χ0v) is 27.2. The number of thiocarbonyl (C=S) groups is 1. The molecule has 46 heavy (non-hydrogen) atoms. The topological polar surface area (TPSA) is 79.3 Å². The van der Waals surface area contributed by atoms with E-state index in [2.05, 4.69) is 41.3 Å². The maximum absolute atomic E-state index is 13.5. The Balaban J connectivity index is 1.18. The highest BCUT2D eigenvalue weighted by Gasteiger charge is 2.31. The second kappa shape index (κ2) is 15.0. The van der Waals surface area contributed by atoms with Crippen molar-refractivity contribution in [2.45, 2.75) is 19.3 Å². The molecule has 2 fully saturated rings. The molecule has 0 aromatic heterocycles. The van der Waals surface area contributed by atoms with Crippen LogP contribution in [0.1, 0.15) is 23.1 Å². The number of carboxylic acids is 1. The van der Waals surface area contributed by atoms with E-state index >= 15 is 0 Å². The van der Waals surface area contributed by atoms with Gasteiger partial charge in [-0.3, -0.25) is 19.4 Å². The zero-order valence-electron chi connectivity index (χ0n) is 25.5. The van der Waals surface area contributed by atoms with Crippen LogP contribution in [0.3, 0.4) is 0 Å². The molecule has 0 saturated carbocycles. The van der Waals surface area contributed by atoms with Crippen LogP contribution in [0.5, 0.6) is 5.75 Å². The molecule has 2 aliphatic rings. The standard InChI is InChI=1S/C37H36N2O5S2/c40-35(41)14-10-26-5-7-27(8-6-26)15-16-39-36(42)34(46-37(39)45)24-28-9-13-33(44-22-19-38-17-20-43-21-18-38)32(23-28)31-12-11-29-3-1-2-4-30(29)25-31/h1-9,11-13,23-25H,10,14-22H2,(H,40,41). The minimum absolute atomic E-state index is 0.0915. The number of thioether (sulfide) groups is 1. The minimum Gasteiger partial charge on any atom is -0.492 e. The minimum atomic E-state index is -0.805. The number of aryl methyl sites for hydroxylation is 1. The van der Waals surface area contributed by atoms with Gasteiger partial charge < -0.3 is 14.6 Å². The van der Waals surface area contributed by atoms with E-state index in [1.807, 2.05) is 54.6 Å². The van der Waals surface area contributed by atoms with Crippen molar-refractivity contribution in [1.82, 2.24) is 9.80 Å². The number of morpholine rings is 1. The quantitative estimate of drug-likeness (QED) is 0.134. The molecule has 2 saturated heterocycles. The third-order valence-corrected chi connectivity index (χ3v) is 9.66. The Morgan fingerprint density at radius 1 is 0.913 bits per heavy atom. The van der Waals surface area contributed by atoms with Gasteiger partial charge in [-0.25, -0.2) is 0 Å². The lowest BCUT2D eigenvalue weighted by Gasteiger charge is -2.26. The van der Waals surface area contributed by atoms with E-state index in [4.69, 9.17) is 26.8 Å². The SMILES string of the molecule is O=C(O)CCc1ccc(CCN2C(=O)C(=Cc3ccc(OCCN4CCOCC4)c(-c4ccc5ccccc5c4)c3)SC2=S)cc1. The lowest BCUT2D eigenvalue weighted by molar-refractivity contribution is -0.137. The van der Waals surface area contributed by atoms with Crippen LogP contribution in [0.25, 0.3) is 28.0 Å². The largest absolute Gasteiger partial charge is 0.492 e. The number of carbonyl (C=O) groups is 2. The van der Waals surface area contributed by atoms with Gasteiger partial charge in [0.25, 0.3) is 5.91 Å². The first kappa shape index (κ1) is 31.9. The molecular formula is C37H36N2O5S2. The van der Waals surface area contributed by atoms with Gasteiger partial charge in [0.2, 0.25) is 0 Å². The van der Waals surface area contributed by atoms with Crippen molar-refractivity contribution in [3.63, 3.8) is 0 Å². The highest BCUT2D eigenvalue weighted by molar-refractivity contribution is 8.26. The van der Waals surface area contributed by atoms with Crippen LogP contribution < -0.4 is 4.74 Å². The molecule has 7 nitrogen and oxygen atoms in total. The molecule has 2 aliphatic heterocycles. The number of carbonyl (C=O) groups excluding carboxylic acids is 1. The first-order chi connectivity index (χ1) is 22.4. The van der Waals surface area contributed by atoms with Gasteiger partial charge >= 0.3 is 5.97 Å². The number of fused-ring (bicyclic) bond motifs is 1. The van der Waals surface area contributed by atoms with Gasteiger partial charge in [-0.1, -0.05) is 90.7 Å². The molecular weight excluding hydrogens is 617 g/mol. The molecule has 6 rings (SSSR count). The summed E-state index contributed by atoms with van der Waals surface area (Å²) >= 11 is 6.94. The van der Waals surface area contributed by atoms with Crippen LogP contribution in [-0.4, -0.2) is 77.1 Å². The number of nitrogens with zero attached hydrogens (tertiary/aromatic N) is 2. The molecule has 0 unspecified atom stereocenters. The first-order valence-corrected chi connectivity index (χ1v) is 16.8. The van der Waals surface area contributed by atoms with Crippen LogP contribution in [0.4, 0.5) is 0 Å².